The number of hydrogen-bond acceptors (Lipinski definition) is 4. The molecule has 2 aromatic rings. The summed E-state index contributed by atoms with van der Waals surface area (Å²) in [4.78, 5) is 0. The molecule has 5 heteroatoms. The molecule has 1 unspecified atom stereocenters. The van der Waals surface area contributed by atoms with E-state index in [1.807, 2.05) is 31.3 Å². The zero-order chi connectivity index (χ0) is 13.2. The Labute approximate surface area is 107 Å². The van der Waals surface area contributed by atoms with Gasteiger partial charge in [0.2, 0.25) is 0 Å². The van der Waals surface area contributed by atoms with Crippen molar-refractivity contribution in [2.45, 2.75) is 12.5 Å². The molecule has 1 aromatic heterocycles. The van der Waals surface area contributed by atoms with E-state index in [-0.39, 0.29) is 11.8 Å². The second-order valence-corrected chi connectivity index (χ2v) is 6.71. The van der Waals surface area contributed by atoms with Crippen LogP contribution in [0.2, 0.25) is 0 Å². The van der Waals surface area contributed by atoms with E-state index in [2.05, 4.69) is 5.32 Å². The molecule has 2 rings (SSSR count). The van der Waals surface area contributed by atoms with Crippen LogP contribution in [0.3, 0.4) is 0 Å². The third-order valence-corrected chi connectivity index (χ3v) is 3.99. The first kappa shape index (κ1) is 13.1. The molecule has 4 nitrogen and oxygen atoms in total. The van der Waals surface area contributed by atoms with Gasteiger partial charge in [0.25, 0.3) is 0 Å². The Morgan fingerprint density at radius 1 is 1.33 bits per heavy atom. The van der Waals surface area contributed by atoms with E-state index in [0.29, 0.717) is 6.42 Å². The Bertz CT molecular complexity index is 630. The number of nitrogens with one attached hydrogen (secondary N) is 1. The number of fused-ring (bicyclic) bond motifs is 1. The maximum atomic E-state index is 11.2. The molecular formula is C13H17NO3S. The van der Waals surface area contributed by atoms with E-state index in [9.17, 15) is 8.42 Å². The van der Waals surface area contributed by atoms with E-state index in [0.717, 1.165) is 16.5 Å². The molecule has 1 atom stereocenters. The molecule has 0 bridgehead atoms. The van der Waals surface area contributed by atoms with Crippen LogP contribution >= 0.6 is 0 Å². The van der Waals surface area contributed by atoms with Crippen molar-refractivity contribution in [2.24, 2.45) is 0 Å². The highest BCUT2D eigenvalue weighted by atomic mass is 32.2. The van der Waals surface area contributed by atoms with Gasteiger partial charge in [-0.1, -0.05) is 18.2 Å². The van der Waals surface area contributed by atoms with Gasteiger partial charge in [0.05, 0.1) is 12.0 Å². The van der Waals surface area contributed by atoms with Crippen molar-refractivity contribution in [3.63, 3.8) is 0 Å². The van der Waals surface area contributed by atoms with Gasteiger partial charge in [-0.25, -0.2) is 8.42 Å². The fourth-order valence-electron chi connectivity index (χ4n) is 2.06. The molecule has 0 aliphatic heterocycles. The summed E-state index contributed by atoms with van der Waals surface area (Å²) < 4.78 is 27.9. The Morgan fingerprint density at radius 2 is 2.06 bits per heavy atom. The van der Waals surface area contributed by atoms with Crippen molar-refractivity contribution in [1.82, 2.24) is 5.32 Å². The van der Waals surface area contributed by atoms with Crippen molar-refractivity contribution in [1.29, 1.82) is 0 Å². The van der Waals surface area contributed by atoms with Gasteiger partial charge in [0, 0.05) is 23.2 Å². The van der Waals surface area contributed by atoms with Gasteiger partial charge >= 0.3 is 0 Å². The van der Waals surface area contributed by atoms with Crippen LogP contribution in [0.25, 0.3) is 11.0 Å². The highest BCUT2D eigenvalue weighted by Crippen LogP contribution is 2.28. The summed E-state index contributed by atoms with van der Waals surface area (Å²) in [5, 5.41) is 4.18. The van der Waals surface area contributed by atoms with Crippen LogP contribution in [0.15, 0.2) is 34.9 Å². The molecule has 1 heterocycles. The van der Waals surface area contributed by atoms with Crippen LogP contribution < -0.4 is 5.32 Å². The molecule has 0 fully saturated rings. The summed E-state index contributed by atoms with van der Waals surface area (Å²) in [5.74, 6) is 0.165. The molecule has 0 saturated carbocycles. The summed E-state index contributed by atoms with van der Waals surface area (Å²) in [5.41, 5.74) is 1.84. The van der Waals surface area contributed by atoms with Crippen molar-refractivity contribution in [3.8, 4) is 0 Å². The van der Waals surface area contributed by atoms with Gasteiger partial charge in [-0.05, 0) is 19.5 Å². The second kappa shape index (κ2) is 5.12. The average molecular weight is 267 g/mol. The van der Waals surface area contributed by atoms with E-state index < -0.39 is 9.84 Å². The molecule has 0 spiro atoms. The molecule has 0 aliphatic carbocycles. The first-order valence-corrected chi connectivity index (χ1v) is 7.88. The zero-order valence-corrected chi connectivity index (χ0v) is 11.3. The third-order valence-electron chi connectivity index (χ3n) is 3.01. The third kappa shape index (κ3) is 2.91. The SMILES string of the molecule is CNC(CCS(C)(=O)=O)c1coc2ccccc12. The number of furan rings is 1. The van der Waals surface area contributed by atoms with Crippen molar-refractivity contribution in [3.05, 3.63) is 36.1 Å². The van der Waals surface area contributed by atoms with Gasteiger partial charge in [-0.2, -0.15) is 0 Å². The van der Waals surface area contributed by atoms with Crippen LogP contribution in [-0.4, -0.2) is 27.5 Å². The van der Waals surface area contributed by atoms with E-state index in [1.54, 1.807) is 6.26 Å². The highest BCUT2D eigenvalue weighted by molar-refractivity contribution is 7.90. The largest absolute Gasteiger partial charge is 0.464 e. The van der Waals surface area contributed by atoms with E-state index >= 15 is 0 Å². The zero-order valence-electron chi connectivity index (χ0n) is 10.5. The predicted octanol–water partition coefficient (Wildman–Crippen LogP) is 2.13. The number of sulfone groups is 1. The minimum Gasteiger partial charge on any atom is -0.464 e. The maximum Gasteiger partial charge on any atom is 0.147 e. The van der Waals surface area contributed by atoms with Crippen LogP contribution in [-0.2, 0) is 9.84 Å². The summed E-state index contributed by atoms with van der Waals surface area (Å²) in [6.45, 7) is 0. The quantitative estimate of drug-likeness (QED) is 0.901. The molecule has 0 saturated heterocycles. The maximum absolute atomic E-state index is 11.2. The lowest BCUT2D eigenvalue weighted by Gasteiger charge is -2.14. The molecule has 0 aliphatic rings. The van der Waals surface area contributed by atoms with Gasteiger partial charge in [-0.15, -0.1) is 0 Å². The van der Waals surface area contributed by atoms with Crippen molar-refractivity contribution < 1.29 is 12.8 Å². The minimum atomic E-state index is -2.94. The summed E-state index contributed by atoms with van der Waals surface area (Å²) in [6, 6.07) is 7.75. The Hall–Kier alpha value is -1.33. The van der Waals surface area contributed by atoms with Crippen LogP contribution in [0.5, 0.6) is 0 Å². The fourth-order valence-corrected chi connectivity index (χ4v) is 2.72. The van der Waals surface area contributed by atoms with Crippen molar-refractivity contribution in [2.75, 3.05) is 19.1 Å². The van der Waals surface area contributed by atoms with Gasteiger partial charge in [0.1, 0.15) is 15.4 Å². The van der Waals surface area contributed by atoms with Gasteiger partial charge in [-0.3, -0.25) is 0 Å². The standard InChI is InChI=1S/C13H17NO3S/c1-14-12(7-8-18(2,15)16)11-9-17-13-6-4-3-5-10(11)13/h3-6,9,12,14H,7-8H2,1-2H3. The highest BCUT2D eigenvalue weighted by Gasteiger charge is 2.17. The molecule has 98 valence electrons. The smallest absolute Gasteiger partial charge is 0.147 e. The fraction of sp³-hybridized carbons (Fsp3) is 0.385. The normalized spacial score (nSPS) is 13.9. The topological polar surface area (TPSA) is 59.3 Å². The Balaban J connectivity index is 2.27. The van der Waals surface area contributed by atoms with E-state index in [4.69, 9.17) is 4.42 Å². The van der Waals surface area contributed by atoms with E-state index in [1.165, 1.54) is 6.26 Å². The predicted molar refractivity (Wildman–Crippen MR) is 72.3 cm³/mol. The lowest BCUT2D eigenvalue weighted by Crippen LogP contribution is -2.19. The lowest BCUT2D eigenvalue weighted by atomic mass is 10.0. The van der Waals surface area contributed by atoms with Crippen molar-refractivity contribution >= 4 is 20.8 Å². The molecule has 1 aromatic carbocycles. The van der Waals surface area contributed by atoms with Crippen LogP contribution in [0, 0.1) is 0 Å². The summed E-state index contributed by atoms with van der Waals surface area (Å²) in [7, 11) is -1.12. The Morgan fingerprint density at radius 3 is 2.72 bits per heavy atom. The molecular weight excluding hydrogens is 250 g/mol. The molecule has 18 heavy (non-hydrogen) atoms. The number of rotatable bonds is 5. The van der Waals surface area contributed by atoms with Gasteiger partial charge in [0.15, 0.2) is 0 Å². The lowest BCUT2D eigenvalue weighted by molar-refractivity contribution is 0.545. The molecule has 0 amide bonds. The summed E-state index contributed by atoms with van der Waals surface area (Å²) in [6.07, 6.45) is 3.50. The summed E-state index contributed by atoms with van der Waals surface area (Å²) >= 11 is 0. The molecule has 1 N–H and O–H groups in total. The number of benzene rings is 1. The molecule has 0 radical (unpaired) electrons. The first-order chi connectivity index (χ1) is 8.51. The second-order valence-electron chi connectivity index (χ2n) is 4.45. The van der Waals surface area contributed by atoms with Crippen LogP contribution in [0.1, 0.15) is 18.0 Å². The Kier molecular flexibility index (Phi) is 3.73. The van der Waals surface area contributed by atoms with Crippen LogP contribution in [0.4, 0.5) is 0 Å². The number of para-hydroxylation sites is 1. The average Bonchev–Trinajstić information content (AvgIpc) is 2.73. The minimum absolute atomic E-state index is 0.0108. The van der Waals surface area contributed by atoms with Gasteiger partial charge < -0.3 is 9.73 Å². The number of hydrogen-bond donors (Lipinski definition) is 1. The first-order valence-electron chi connectivity index (χ1n) is 5.82. The monoisotopic (exact) mass is 267 g/mol.